The Bertz CT molecular complexity index is 711. The van der Waals surface area contributed by atoms with Gasteiger partial charge in [-0.25, -0.2) is 0 Å². The Morgan fingerprint density at radius 1 is 0.632 bits per heavy atom. The van der Waals surface area contributed by atoms with Gasteiger partial charge >= 0.3 is 38.0 Å². The van der Waals surface area contributed by atoms with E-state index in [1.165, 1.54) is 5.70 Å². The van der Waals surface area contributed by atoms with Crippen molar-refractivity contribution in [2.45, 2.75) is 108 Å². The van der Waals surface area contributed by atoms with Crippen LogP contribution in [0.1, 0.15) is 25.7 Å². The van der Waals surface area contributed by atoms with Crippen LogP contribution in [0.4, 0.5) is 26.3 Å². The average Bonchev–Trinajstić information content (AvgIpc) is 2.71. The molecule has 0 fully saturated rings. The summed E-state index contributed by atoms with van der Waals surface area (Å²) in [4.78, 5) is 0. The Balaban J connectivity index is 6.39. The Kier molecular flexibility index (Phi) is 14.9. The summed E-state index contributed by atoms with van der Waals surface area (Å²) in [6, 6.07) is -0.0520. The van der Waals surface area contributed by atoms with E-state index in [1.807, 2.05) is 13.1 Å². The van der Waals surface area contributed by atoms with E-state index in [9.17, 15) is 26.3 Å². The van der Waals surface area contributed by atoms with Crippen molar-refractivity contribution in [1.82, 2.24) is 0 Å². The molecule has 0 aromatic rings. The average molecular weight is 647 g/mol. The molecule has 0 aliphatic rings. The summed E-state index contributed by atoms with van der Waals surface area (Å²) in [6.07, 6.45) is -10.5. The highest BCUT2D eigenvalue weighted by Crippen LogP contribution is 2.39. The van der Waals surface area contributed by atoms with Gasteiger partial charge in [0.2, 0.25) is 0 Å². The number of hydrogen-bond donors (Lipinski definition) is 2. The molecule has 17 heteroatoms. The van der Waals surface area contributed by atoms with Crippen LogP contribution >= 0.6 is 0 Å². The van der Waals surface area contributed by atoms with Crippen molar-refractivity contribution < 1.29 is 42.8 Å². The fourth-order valence-electron chi connectivity index (χ4n) is 4.32. The zero-order valence-electron chi connectivity index (χ0n) is 23.9. The van der Waals surface area contributed by atoms with Gasteiger partial charge in [0.05, 0.1) is 0 Å². The number of alkyl halides is 6. The van der Waals surface area contributed by atoms with E-state index < -0.39 is 79.6 Å². The van der Waals surface area contributed by atoms with Gasteiger partial charge in [-0.15, -0.1) is 6.58 Å². The molecule has 0 heterocycles. The lowest BCUT2D eigenvalue weighted by molar-refractivity contribution is -0.133. The Hall–Kier alpha value is 0.164. The molecule has 0 aromatic carbocycles. The zero-order valence-corrected chi connectivity index (χ0v) is 28.9. The molecule has 228 valence electrons. The quantitative estimate of drug-likeness (QED) is 0.116. The molecule has 0 bridgehead atoms. The Morgan fingerprint density at radius 3 is 1.37 bits per heavy atom. The molecule has 0 spiro atoms. The lowest BCUT2D eigenvalue weighted by atomic mass is 10.5. The van der Waals surface area contributed by atoms with Crippen molar-refractivity contribution in [2.24, 2.45) is 11.5 Å². The fraction of sp³-hybridized carbons (Fsp3) is 0.905. The molecule has 0 radical (unpaired) electrons. The molecule has 1 atom stereocenters. The molecule has 0 aliphatic heterocycles. The first kappa shape index (κ1) is 38.2. The summed E-state index contributed by atoms with van der Waals surface area (Å²) in [6.45, 7) is 17.4. The van der Waals surface area contributed by atoms with Gasteiger partial charge in [0.25, 0.3) is 0 Å². The van der Waals surface area contributed by atoms with Crippen molar-refractivity contribution in [3.8, 4) is 0 Å². The normalized spacial score (nSPS) is 16.0. The lowest BCUT2D eigenvalue weighted by Gasteiger charge is -2.45. The van der Waals surface area contributed by atoms with Crippen molar-refractivity contribution in [2.75, 3.05) is 13.1 Å². The molecule has 1 unspecified atom stereocenters. The smallest absolute Gasteiger partial charge is 0.389 e. The Morgan fingerprint density at radius 2 is 1.03 bits per heavy atom. The van der Waals surface area contributed by atoms with Gasteiger partial charge in [0.15, 0.2) is 16.6 Å². The van der Waals surface area contributed by atoms with E-state index >= 15 is 0 Å². The zero-order chi connectivity index (χ0) is 30.1. The van der Waals surface area contributed by atoms with Gasteiger partial charge in [-0.2, -0.15) is 26.3 Å². The summed E-state index contributed by atoms with van der Waals surface area (Å²) in [5.41, 5.74) is 12.7. The second kappa shape index (κ2) is 14.9. The first-order chi connectivity index (χ1) is 16.9. The minimum absolute atomic E-state index is 0.337. The second-order valence-corrected chi connectivity index (χ2v) is 30.8. The molecule has 0 aromatic heterocycles. The molecule has 0 saturated heterocycles. The highest BCUT2D eigenvalue weighted by Gasteiger charge is 2.53. The van der Waals surface area contributed by atoms with Gasteiger partial charge in [0, 0.05) is 12.8 Å². The molecule has 0 amide bonds. The van der Waals surface area contributed by atoms with Crippen LogP contribution in [0, 0.1) is 0 Å². The van der Waals surface area contributed by atoms with Crippen LogP contribution in [0.25, 0.3) is 0 Å². The predicted molar refractivity (Wildman–Crippen MR) is 152 cm³/mol. The summed E-state index contributed by atoms with van der Waals surface area (Å²) >= 11 is 0. The van der Waals surface area contributed by atoms with Crippen LogP contribution < -0.4 is 11.5 Å². The molecular formula is C21H48F6N2O4Si5. The summed E-state index contributed by atoms with van der Waals surface area (Å²) in [5.74, 6) is 0. The summed E-state index contributed by atoms with van der Waals surface area (Å²) in [5, 5.41) is 0. The third kappa shape index (κ3) is 17.1. The lowest BCUT2D eigenvalue weighted by Crippen LogP contribution is -2.61. The van der Waals surface area contributed by atoms with E-state index in [2.05, 4.69) is 6.58 Å². The summed E-state index contributed by atoms with van der Waals surface area (Å²) < 4.78 is 106. The SMILES string of the molecule is C=C[Si](C)(O[Si](C)(C)O[Si](C)(C)CCCN)O[Si](CCC(F)(F)F)(CCC(F)(F)F)O[Si](C)(C)CCCN. The first-order valence-electron chi connectivity index (χ1n) is 12.9. The highest BCUT2D eigenvalue weighted by molar-refractivity contribution is 6.93. The predicted octanol–water partition coefficient (Wildman–Crippen LogP) is 7.01. The molecular weight excluding hydrogens is 599 g/mol. The monoisotopic (exact) mass is 646 g/mol. The van der Waals surface area contributed by atoms with Gasteiger partial charge in [-0.05, 0) is 95.9 Å². The molecule has 0 aliphatic carbocycles. The topological polar surface area (TPSA) is 89.0 Å². The third-order valence-corrected chi connectivity index (χ3v) is 26.2. The van der Waals surface area contributed by atoms with Crippen LogP contribution in [0.2, 0.25) is 70.0 Å². The minimum Gasteiger partial charge on any atom is -0.436 e. The van der Waals surface area contributed by atoms with E-state index in [-0.39, 0.29) is 0 Å². The molecule has 38 heavy (non-hydrogen) atoms. The maximum atomic E-state index is 13.4. The van der Waals surface area contributed by atoms with E-state index in [0.717, 1.165) is 12.5 Å². The number of rotatable bonds is 19. The van der Waals surface area contributed by atoms with Crippen molar-refractivity contribution in [3.63, 3.8) is 0 Å². The second-order valence-electron chi connectivity index (χ2n) is 11.5. The van der Waals surface area contributed by atoms with Crippen molar-refractivity contribution >= 4 is 42.3 Å². The van der Waals surface area contributed by atoms with Gasteiger partial charge < -0.3 is 27.9 Å². The summed E-state index contributed by atoms with van der Waals surface area (Å²) in [7, 11) is -15.6. The van der Waals surface area contributed by atoms with Crippen molar-refractivity contribution in [1.29, 1.82) is 0 Å². The van der Waals surface area contributed by atoms with E-state index in [0.29, 0.717) is 25.6 Å². The standard InChI is InChI=1S/C21H48F6N2O4Si5/c1-9-37(8,32-36(6,7)30-34(2,3)16-10-14-28)33-38(18-12-20(22,23)24,19-13-21(25,26)27)31-35(4,5)17-11-15-29/h9H,1,10-19,28-29H2,2-8H3. The van der Waals surface area contributed by atoms with Gasteiger partial charge in [0.1, 0.15) is 0 Å². The van der Waals surface area contributed by atoms with Crippen LogP contribution in [-0.2, 0) is 16.5 Å². The Labute approximate surface area is 229 Å². The number of hydrogen-bond acceptors (Lipinski definition) is 6. The third-order valence-electron chi connectivity index (χ3n) is 5.74. The maximum absolute atomic E-state index is 13.4. The molecule has 6 nitrogen and oxygen atoms in total. The van der Waals surface area contributed by atoms with Crippen LogP contribution in [0.5, 0.6) is 0 Å². The van der Waals surface area contributed by atoms with Crippen molar-refractivity contribution in [3.05, 3.63) is 12.3 Å². The fourth-order valence-corrected chi connectivity index (χ4v) is 29.0. The van der Waals surface area contributed by atoms with Crippen LogP contribution in [0.3, 0.4) is 0 Å². The minimum atomic E-state index is -4.59. The molecule has 0 saturated carbocycles. The first-order valence-corrected chi connectivity index (χ1v) is 26.6. The van der Waals surface area contributed by atoms with Crippen LogP contribution in [0.15, 0.2) is 12.3 Å². The van der Waals surface area contributed by atoms with Gasteiger partial charge in [-0.3, -0.25) is 0 Å². The number of halogens is 6. The maximum Gasteiger partial charge on any atom is 0.389 e. The van der Waals surface area contributed by atoms with E-state index in [1.54, 1.807) is 32.7 Å². The highest BCUT2D eigenvalue weighted by atomic mass is 28.5. The van der Waals surface area contributed by atoms with Gasteiger partial charge in [-0.1, -0.05) is 5.70 Å². The van der Waals surface area contributed by atoms with Crippen LogP contribution in [-0.4, -0.2) is 67.8 Å². The number of nitrogens with two attached hydrogens (primary N) is 2. The molecule has 4 N–H and O–H groups in total. The molecule has 0 rings (SSSR count). The van der Waals surface area contributed by atoms with E-state index in [4.69, 9.17) is 27.9 Å². The largest absolute Gasteiger partial charge is 0.436 e.